The summed E-state index contributed by atoms with van der Waals surface area (Å²) in [4.78, 5) is 37.4. The number of halogens is 1. The van der Waals surface area contributed by atoms with Gasteiger partial charge in [0, 0.05) is 11.5 Å². The van der Waals surface area contributed by atoms with Gasteiger partial charge < -0.3 is 13.7 Å². The minimum absolute atomic E-state index is 0.0128. The Morgan fingerprint density at radius 2 is 1.74 bits per heavy atom. The first-order valence-electron chi connectivity index (χ1n) is 10.8. The molecule has 178 valence electrons. The van der Waals surface area contributed by atoms with Crippen LogP contribution in [0.3, 0.4) is 0 Å². The monoisotopic (exact) mass is 548 g/mol. The van der Waals surface area contributed by atoms with E-state index in [0.717, 1.165) is 12.0 Å². The third kappa shape index (κ3) is 3.92. The predicted octanol–water partition coefficient (Wildman–Crippen LogP) is 3.06. The quantitative estimate of drug-likeness (QED) is 0.224. The van der Waals surface area contributed by atoms with Crippen molar-refractivity contribution in [3.8, 4) is 5.75 Å². The number of fused-ring (bicyclic) bond motifs is 1. The Balaban J connectivity index is 1.19. The van der Waals surface area contributed by atoms with Crippen LogP contribution in [0, 0.1) is 30.6 Å². The smallest absolute Gasteiger partial charge is 0.339 e. The molecule has 2 aromatic carbocycles. The molecule has 6 atom stereocenters. The highest BCUT2D eigenvalue weighted by molar-refractivity contribution is 9.09. The van der Waals surface area contributed by atoms with Crippen molar-refractivity contribution in [1.82, 2.24) is 0 Å². The van der Waals surface area contributed by atoms with Crippen LogP contribution in [0.15, 0.2) is 53.4 Å². The molecule has 0 N–H and O–H groups in total. The molecule has 1 heterocycles. The Bertz CT molecular complexity index is 1250. The molecule has 0 amide bonds. The van der Waals surface area contributed by atoms with Gasteiger partial charge in [-0.3, -0.25) is 14.4 Å². The number of alkyl halides is 1. The molecular formula is C24H21BrO8S. The molecule has 1 saturated heterocycles. The van der Waals surface area contributed by atoms with E-state index in [2.05, 4.69) is 15.9 Å². The van der Waals surface area contributed by atoms with Gasteiger partial charge in [-0.15, -0.1) is 0 Å². The van der Waals surface area contributed by atoms with E-state index in [4.69, 9.17) is 13.7 Å². The van der Waals surface area contributed by atoms with E-state index >= 15 is 0 Å². The van der Waals surface area contributed by atoms with Gasteiger partial charge in [0.15, 0.2) is 12.4 Å². The van der Waals surface area contributed by atoms with E-state index < -0.39 is 40.3 Å². The number of hydrogen-bond donors (Lipinski definition) is 0. The molecular weight excluding hydrogens is 528 g/mol. The SMILES string of the molecule is Cc1ccc(S(=O)(=O)Oc2ccc(C(=O)COC(=O)[C@@H]3[C@H]4C[C@H]5[C@H](OC(=O)[C@H]53)[C@H]4Br)cc2)cc1. The van der Waals surface area contributed by atoms with Crippen LogP contribution >= 0.6 is 15.9 Å². The number of benzene rings is 2. The third-order valence-electron chi connectivity index (χ3n) is 6.83. The van der Waals surface area contributed by atoms with Gasteiger partial charge in [-0.2, -0.15) is 8.42 Å². The van der Waals surface area contributed by atoms with Crippen molar-refractivity contribution in [1.29, 1.82) is 0 Å². The van der Waals surface area contributed by atoms with Gasteiger partial charge in [-0.05, 0) is 55.7 Å². The molecule has 5 rings (SSSR count). The first-order chi connectivity index (χ1) is 16.2. The van der Waals surface area contributed by atoms with Gasteiger partial charge in [0.1, 0.15) is 16.7 Å². The number of carbonyl (C=O) groups is 3. The lowest BCUT2D eigenvalue weighted by Gasteiger charge is -2.26. The number of Topliss-reactive ketones (excluding diaryl/α,β-unsaturated/α-hetero) is 1. The highest BCUT2D eigenvalue weighted by Gasteiger charge is 2.68. The van der Waals surface area contributed by atoms with Crippen LogP contribution in [-0.4, -0.2) is 43.7 Å². The van der Waals surface area contributed by atoms with Crippen LogP contribution < -0.4 is 4.18 Å². The minimum atomic E-state index is -4.01. The zero-order chi connectivity index (χ0) is 24.2. The lowest BCUT2D eigenvalue weighted by atomic mass is 9.80. The first-order valence-corrected chi connectivity index (χ1v) is 13.1. The molecule has 0 spiro atoms. The van der Waals surface area contributed by atoms with Crippen LogP contribution in [0.1, 0.15) is 22.3 Å². The summed E-state index contributed by atoms with van der Waals surface area (Å²) >= 11 is 3.54. The second kappa shape index (κ2) is 8.49. The van der Waals surface area contributed by atoms with Gasteiger partial charge in [0.2, 0.25) is 0 Å². The van der Waals surface area contributed by atoms with Gasteiger partial charge in [-0.1, -0.05) is 33.6 Å². The average molecular weight is 549 g/mol. The number of ether oxygens (including phenoxy) is 2. The fourth-order valence-electron chi connectivity index (χ4n) is 5.19. The topological polar surface area (TPSA) is 113 Å². The van der Waals surface area contributed by atoms with Gasteiger partial charge in [-0.25, -0.2) is 0 Å². The number of carbonyl (C=O) groups excluding carboxylic acids is 3. The van der Waals surface area contributed by atoms with E-state index in [0.29, 0.717) is 0 Å². The Kier molecular flexibility index (Phi) is 5.76. The Labute approximate surface area is 204 Å². The van der Waals surface area contributed by atoms with Gasteiger partial charge in [0.25, 0.3) is 0 Å². The molecule has 10 heteroatoms. The molecule has 0 aromatic heterocycles. The van der Waals surface area contributed by atoms with Crippen molar-refractivity contribution >= 4 is 43.8 Å². The summed E-state index contributed by atoms with van der Waals surface area (Å²) in [7, 11) is -4.01. The molecule has 0 radical (unpaired) electrons. The number of aryl methyl sites for hydroxylation is 1. The Morgan fingerprint density at radius 3 is 2.41 bits per heavy atom. The van der Waals surface area contributed by atoms with Crippen molar-refractivity contribution in [3.63, 3.8) is 0 Å². The molecule has 2 bridgehead atoms. The largest absolute Gasteiger partial charge is 0.461 e. The summed E-state index contributed by atoms with van der Waals surface area (Å²) in [6.45, 7) is 1.37. The van der Waals surface area contributed by atoms with Crippen LogP contribution in [-0.2, 0) is 29.2 Å². The lowest BCUT2D eigenvalue weighted by Crippen LogP contribution is -2.39. The van der Waals surface area contributed by atoms with Crippen molar-refractivity contribution in [2.75, 3.05) is 6.61 Å². The summed E-state index contributed by atoms with van der Waals surface area (Å²) in [5.41, 5.74) is 1.15. The molecule has 2 aromatic rings. The van der Waals surface area contributed by atoms with Crippen LogP contribution in [0.25, 0.3) is 0 Å². The fourth-order valence-corrected chi connectivity index (χ4v) is 7.16. The van der Waals surface area contributed by atoms with Crippen molar-refractivity contribution in [2.24, 2.45) is 23.7 Å². The number of ketones is 1. The van der Waals surface area contributed by atoms with E-state index in [1.54, 1.807) is 12.1 Å². The molecule has 8 nitrogen and oxygen atoms in total. The minimum Gasteiger partial charge on any atom is -0.461 e. The van der Waals surface area contributed by atoms with Gasteiger partial charge in [0.05, 0.1) is 16.7 Å². The normalized spacial score (nSPS) is 29.1. The molecule has 2 saturated carbocycles. The molecule has 34 heavy (non-hydrogen) atoms. The fraction of sp³-hybridized carbons (Fsp3) is 0.375. The molecule has 2 aliphatic carbocycles. The summed E-state index contributed by atoms with van der Waals surface area (Å²) in [6, 6.07) is 11.8. The molecule has 1 aliphatic heterocycles. The van der Waals surface area contributed by atoms with Crippen LogP contribution in [0.4, 0.5) is 0 Å². The zero-order valence-corrected chi connectivity index (χ0v) is 20.5. The van der Waals surface area contributed by atoms with E-state index in [-0.39, 0.29) is 44.9 Å². The number of esters is 2. The van der Waals surface area contributed by atoms with Crippen molar-refractivity contribution in [2.45, 2.75) is 29.2 Å². The first kappa shape index (κ1) is 23.0. The summed E-state index contributed by atoms with van der Waals surface area (Å²) in [5.74, 6) is -2.50. The van der Waals surface area contributed by atoms with Crippen LogP contribution in [0.2, 0.25) is 0 Å². The summed E-state index contributed by atoms with van der Waals surface area (Å²) < 4.78 is 40.6. The maximum absolute atomic E-state index is 12.7. The van der Waals surface area contributed by atoms with Crippen molar-refractivity contribution in [3.05, 3.63) is 59.7 Å². The average Bonchev–Trinajstić information content (AvgIpc) is 3.42. The number of hydrogen-bond acceptors (Lipinski definition) is 8. The predicted molar refractivity (Wildman–Crippen MR) is 122 cm³/mol. The Morgan fingerprint density at radius 1 is 1.06 bits per heavy atom. The standard InChI is InChI=1S/C24H21BrO8S/c1-12-2-8-15(9-3-12)34(29,30)33-14-6-4-13(5-7-14)18(26)11-31-23(27)19-16-10-17-20(19)24(28)32-22(17)21(16)25/h2-9,16-17,19-22H,10-11H2,1H3/t16-,17-,19-,20-,21+,22+/m1/s1. The second-order valence-corrected chi connectivity index (χ2v) is 11.5. The summed E-state index contributed by atoms with van der Waals surface area (Å²) in [6.07, 6.45) is 0.529. The molecule has 3 fully saturated rings. The number of rotatable bonds is 7. The molecule has 0 unspecified atom stereocenters. The highest BCUT2D eigenvalue weighted by Crippen LogP contribution is 2.60. The highest BCUT2D eigenvalue weighted by atomic mass is 79.9. The van der Waals surface area contributed by atoms with E-state index in [1.165, 1.54) is 36.4 Å². The maximum atomic E-state index is 12.7. The maximum Gasteiger partial charge on any atom is 0.339 e. The summed E-state index contributed by atoms with van der Waals surface area (Å²) in [5, 5.41) is 0. The lowest BCUT2D eigenvalue weighted by molar-refractivity contribution is -0.154. The Hall–Kier alpha value is -2.72. The second-order valence-electron chi connectivity index (χ2n) is 8.87. The van der Waals surface area contributed by atoms with E-state index in [9.17, 15) is 22.8 Å². The third-order valence-corrected chi connectivity index (χ3v) is 9.29. The molecule has 3 aliphatic rings. The van der Waals surface area contributed by atoms with Crippen molar-refractivity contribution < 1.29 is 36.5 Å². The van der Waals surface area contributed by atoms with Crippen LogP contribution in [0.5, 0.6) is 5.75 Å². The van der Waals surface area contributed by atoms with Gasteiger partial charge >= 0.3 is 22.1 Å². The zero-order valence-electron chi connectivity index (χ0n) is 18.0. The van der Waals surface area contributed by atoms with E-state index in [1.807, 2.05) is 6.92 Å².